The van der Waals surface area contributed by atoms with Crippen molar-refractivity contribution in [2.24, 2.45) is 17.3 Å². The SMILES string of the molecule is Cc1c(C#N)c(O)n(C)c(=O)c1N=Nc1ccc(C(=O)[O-])cc1. The van der Waals surface area contributed by atoms with E-state index in [4.69, 9.17) is 5.26 Å². The Labute approximate surface area is 130 Å². The van der Waals surface area contributed by atoms with Gasteiger partial charge in [0.1, 0.15) is 11.6 Å². The Bertz CT molecular complexity index is 905. The van der Waals surface area contributed by atoms with Gasteiger partial charge in [-0.1, -0.05) is 12.1 Å². The number of aromatic nitrogens is 1. The van der Waals surface area contributed by atoms with E-state index >= 15 is 0 Å². The molecule has 0 aliphatic carbocycles. The smallest absolute Gasteiger partial charge is 0.281 e. The van der Waals surface area contributed by atoms with E-state index in [0.717, 1.165) is 4.57 Å². The summed E-state index contributed by atoms with van der Waals surface area (Å²) in [6.45, 7) is 1.48. The Kier molecular flexibility index (Phi) is 4.23. The number of carboxylic acid groups (broad SMARTS) is 1. The summed E-state index contributed by atoms with van der Waals surface area (Å²) in [6.07, 6.45) is 0. The topological polar surface area (TPSA) is 131 Å². The van der Waals surface area contributed by atoms with Crippen LogP contribution in [0.4, 0.5) is 11.4 Å². The zero-order valence-corrected chi connectivity index (χ0v) is 12.3. The third-order valence-corrected chi connectivity index (χ3v) is 3.26. The van der Waals surface area contributed by atoms with E-state index in [2.05, 4.69) is 10.2 Å². The molecule has 1 heterocycles. The molecular weight excluding hydrogens is 300 g/mol. The predicted molar refractivity (Wildman–Crippen MR) is 77.7 cm³/mol. The molecule has 8 heteroatoms. The van der Waals surface area contributed by atoms with E-state index < -0.39 is 17.4 Å². The van der Waals surface area contributed by atoms with E-state index in [1.165, 1.54) is 38.2 Å². The lowest BCUT2D eigenvalue weighted by Gasteiger charge is -2.08. The van der Waals surface area contributed by atoms with Crippen molar-refractivity contribution in [1.29, 1.82) is 5.26 Å². The minimum Gasteiger partial charge on any atom is -0.545 e. The second-order valence-electron chi connectivity index (χ2n) is 4.68. The molecule has 23 heavy (non-hydrogen) atoms. The molecule has 1 aromatic heterocycles. The highest BCUT2D eigenvalue weighted by Gasteiger charge is 2.16. The molecule has 2 rings (SSSR count). The number of aromatic hydroxyl groups is 1. The summed E-state index contributed by atoms with van der Waals surface area (Å²) in [5, 5.41) is 37.1. The van der Waals surface area contributed by atoms with Gasteiger partial charge in [0.05, 0.1) is 11.7 Å². The van der Waals surface area contributed by atoms with E-state index in [9.17, 15) is 19.8 Å². The molecule has 0 aliphatic rings. The van der Waals surface area contributed by atoms with Gasteiger partial charge in [-0.15, -0.1) is 5.11 Å². The van der Waals surface area contributed by atoms with Gasteiger partial charge in [0, 0.05) is 12.6 Å². The van der Waals surface area contributed by atoms with Crippen LogP contribution in [0, 0.1) is 18.3 Å². The molecule has 0 atom stereocenters. The number of carbonyl (C=O) groups is 1. The molecule has 116 valence electrons. The molecule has 0 amide bonds. The molecular formula is C15H11N4O4-. The van der Waals surface area contributed by atoms with Gasteiger partial charge >= 0.3 is 0 Å². The van der Waals surface area contributed by atoms with Crippen LogP contribution in [0.2, 0.25) is 0 Å². The Morgan fingerprint density at radius 3 is 2.43 bits per heavy atom. The number of benzene rings is 1. The highest BCUT2D eigenvalue weighted by molar-refractivity contribution is 5.86. The van der Waals surface area contributed by atoms with Gasteiger partial charge < -0.3 is 15.0 Å². The molecule has 2 aromatic rings. The van der Waals surface area contributed by atoms with Crippen LogP contribution in [-0.4, -0.2) is 15.6 Å². The summed E-state index contributed by atoms with van der Waals surface area (Å²) < 4.78 is 0.902. The fourth-order valence-electron chi connectivity index (χ4n) is 1.89. The quantitative estimate of drug-likeness (QED) is 0.846. The van der Waals surface area contributed by atoms with Gasteiger partial charge in [0.25, 0.3) is 5.56 Å². The molecule has 1 aromatic carbocycles. The molecule has 0 bridgehead atoms. The van der Waals surface area contributed by atoms with Gasteiger partial charge in [0.2, 0.25) is 5.88 Å². The van der Waals surface area contributed by atoms with Crippen molar-refractivity contribution in [3.63, 3.8) is 0 Å². The summed E-state index contributed by atoms with van der Waals surface area (Å²) >= 11 is 0. The lowest BCUT2D eigenvalue weighted by molar-refractivity contribution is -0.255. The largest absolute Gasteiger partial charge is 0.545 e. The van der Waals surface area contributed by atoms with Crippen molar-refractivity contribution in [3.8, 4) is 11.9 Å². The van der Waals surface area contributed by atoms with Crippen molar-refractivity contribution in [1.82, 2.24) is 4.57 Å². The Balaban J connectivity index is 2.48. The second kappa shape index (κ2) is 6.11. The Morgan fingerprint density at radius 2 is 1.91 bits per heavy atom. The standard InChI is InChI=1S/C15H12N4O4/c1-8-11(7-16)13(20)19(2)14(21)12(8)18-17-10-5-3-9(4-6-10)15(22)23/h3-6,20H,1-2H3,(H,22,23)/p-1. The first-order valence-electron chi connectivity index (χ1n) is 6.42. The fraction of sp³-hybridized carbons (Fsp3) is 0.133. The summed E-state index contributed by atoms with van der Waals surface area (Å²) in [7, 11) is 1.31. The van der Waals surface area contributed by atoms with Crippen LogP contribution >= 0.6 is 0 Å². The molecule has 0 saturated heterocycles. The molecule has 0 unspecified atom stereocenters. The number of aromatic carboxylic acids is 1. The van der Waals surface area contributed by atoms with Crippen molar-refractivity contribution in [2.75, 3.05) is 0 Å². The van der Waals surface area contributed by atoms with Crippen molar-refractivity contribution in [2.45, 2.75) is 6.92 Å². The molecule has 0 saturated carbocycles. The lowest BCUT2D eigenvalue weighted by Crippen LogP contribution is -2.21. The monoisotopic (exact) mass is 311 g/mol. The number of hydrogen-bond acceptors (Lipinski definition) is 7. The first-order chi connectivity index (χ1) is 10.9. The average molecular weight is 311 g/mol. The highest BCUT2D eigenvalue weighted by Crippen LogP contribution is 2.26. The number of azo groups is 1. The van der Waals surface area contributed by atoms with Crippen LogP contribution in [-0.2, 0) is 7.05 Å². The first-order valence-corrected chi connectivity index (χ1v) is 6.42. The maximum atomic E-state index is 12.1. The van der Waals surface area contributed by atoms with Crippen molar-refractivity contribution >= 4 is 17.3 Å². The van der Waals surface area contributed by atoms with Crippen molar-refractivity contribution < 1.29 is 15.0 Å². The van der Waals surface area contributed by atoms with Crippen LogP contribution in [0.1, 0.15) is 21.5 Å². The second-order valence-corrected chi connectivity index (χ2v) is 4.68. The van der Waals surface area contributed by atoms with E-state index in [-0.39, 0.29) is 22.4 Å². The summed E-state index contributed by atoms with van der Waals surface area (Å²) in [6, 6.07) is 7.21. The molecule has 8 nitrogen and oxygen atoms in total. The van der Waals surface area contributed by atoms with Gasteiger partial charge in [-0.25, -0.2) is 0 Å². The molecule has 0 spiro atoms. The maximum absolute atomic E-state index is 12.1. The van der Waals surface area contributed by atoms with Gasteiger partial charge in [-0.2, -0.15) is 10.4 Å². The normalized spacial score (nSPS) is 10.7. The summed E-state index contributed by atoms with van der Waals surface area (Å²) in [5.41, 5.74) is -0.216. The Morgan fingerprint density at radius 1 is 1.30 bits per heavy atom. The number of carboxylic acids is 1. The van der Waals surface area contributed by atoms with Crippen LogP contribution in [0.15, 0.2) is 39.3 Å². The van der Waals surface area contributed by atoms with Crippen molar-refractivity contribution in [3.05, 3.63) is 51.3 Å². The summed E-state index contributed by atoms with van der Waals surface area (Å²) in [5.74, 6) is -1.75. The minimum atomic E-state index is -1.31. The van der Waals surface area contributed by atoms with E-state index in [1.807, 2.05) is 0 Å². The number of hydrogen-bond donors (Lipinski definition) is 1. The molecule has 0 radical (unpaired) electrons. The van der Waals surface area contributed by atoms with Crippen LogP contribution in [0.5, 0.6) is 5.88 Å². The first kappa shape index (κ1) is 15.9. The maximum Gasteiger partial charge on any atom is 0.281 e. The highest BCUT2D eigenvalue weighted by atomic mass is 16.4. The van der Waals surface area contributed by atoms with E-state index in [1.54, 1.807) is 6.07 Å². The number of nitriles is 1. The molecule has 0 aliphatic heterocycles. The number of nitrogens with zero attached hydrogens (tertiary/aromatic N) is 4. The third kappa shape index (κ3) is 2.94. The zero-order valence-electron chi connectivity index (χ0n) is 12.3. The van der Waals surface area contributed by atoms with E-state index in [0.29, 0.717) is 5.69 Å². The zero-order chi connectivity index (χ0) is 17.1. The third-order valence-electron chi connectivity index (χ3n) is 3.26. The fourth-order valence-corrected chi connectivity index (χ4v) is 1.89. The summed E-state index contributed by atoms with van der Waals surface area (Å²) in [4.78, 5) is 22.8. The number of rotatable bonds is 3. The Hall–Kier alpha value is -3.47. The van der Waals surface area contributed by atoms with Gasteiger partial charge in [-0.3, -0.25) is 9.36 Å². The number of pyridine rings is 1. The van der Waals surface area contributed by atoms with Crippen LogP contribution < -0.4 is 10.7 Å². The van der Waals surface area contributed by atoms with Gasteiger partial charge in [-0.05, 0) is 24.6 Å². The lowest BCUT2D eigenvalue weighted by atomic mass is 10.1. The predicted octanol–water partition coefficient (Wildman–Crippen LogP) is 1.05. The minimum absolute atomic E-state index is 0.00700. The van der Waals surface area contributed by atoms with Gasteiger partial charge in [0.15, 0.2) is 5.69 Å². The van der Waals surface area contributed by atoms with Crippen LogP contribution in [0.25, 0.3) is 0 Å². The molecule has 0 fully saturated rings. The average Bonchev–Trinajstić information content (AvgIpc) is 2.54. The number of carbonyl (C=O) groups excluding carboxylic acids is 1. The van der Waals surface area contributed by atoms with Crippen LogP contribution in [0.3, 0.4) is 0 Å². The molecule has 1 N–H and O–H groups in total.